The number of amides is 1. The molecule has 29 heavy (non-hydrogen) atoms. The van der Waals surface area contributed by atoms with Crippen LogP contribution in [0.15, 0.2) is 18.2 Å². The SMILES string of the molecule is Cc1ccc(C(=O)NC2CCC(Nc3nc(C)c(C)c(N(C)C)n3)CC2)cc1F. The highest BCUT2D eigenvalue weighted by Crippen LogP contribution is 2.24. The van der Waals surface area contributed by atoms with E-state index in [0.29, 0.717) is 17.1 Å². The lowest BCUT2D eigenvalue weighted by atomic mass is 9.91. The molecule has 1 aromatic carbocycles. The normalized spacial score (nSPS) is 19.0. The molecule has 1 aliphatic rings. The first-order chi connectivity index (χ1) is 13.7. The van der Waals surface area contributed by atoms with E-state index in [1.165, 1.54) is 6.07 Å². The van der Waals surface area contributed by atoms with Crippen molar-refractivity contribution in [2.45, 2.75) is 58.5 Å². The second kappa shape index (κ2) is 8.76. The van der Waals surface area contributed by atoms with Crippen molar-refractivity contribution in [3.05, 3.63) is 46.4 Å². The van der Waals surface area contributed by atoms with Gasteiger partial charge in [-0.3, -0.25) is 4.79 Å². The van der Waals surface area contributed by atoms with E-state index >= 15 is 0 Å². The number of hydrogen-bond donors (Lipinski definition) is 2. The third kappa shape index (κ3) is 5.02. The number of rotatable bonds is 5. The van der Waals surface area contributed by atoms with Crippen LogP contribution in [0.1, 0.15) is 52.9 Å². The number of nitrogens with one attached hydrogen (secondary N) is 2. The van der Waals surface area contributed by atoms with Crippen molar-refractivity contribution in [3.63, 3.8) is 0 Å². The Morgan fingerprint density at radius 2 is 1.72 bits per heavy atom. The fourth-order valence-electron chi connectivity index (χ4n) is 3.68. The lowest BCUT2D eigenvalue weighted by Crippen LogP contribution is -2.40. The molecule has 0 aliphatic heterocycles. The highest BCUT2D eigenvalue weighted by molar-refractivity contribution is 5.94. The van der Waals surface area contributed by atoms with Gasteiger partial charge in [0.1, 0.15) is 11.6 Å². The lowest BCUT2D eigenvalue weighted by molar-refractivity contribution is 0.0926. The monoisotopic (exact) mass is 399 g/mol. The Hall–Kier alpha value is -2.70. The predicted octanol–water partition coefficient (Wildman–Crippen LogP) is 3.76. The minimum Gasteiger partial charge on any atom is -0.362 e. The van der Waals surface area contributed by atoms with Crippen LogP contribution in [0.25, 0.3) is 0 Å². The van der Waals surface area contributed by atoms with Crippen LogP contribution < -0.4 is 15.5 Å². The first kappa shape index (κ1) is 21.0. The van der Waals surface area contributed by atoms with Crippen molar-refractivity contribution in [3.8, 4) is 0 Å². The first-order valence-corrected chi connectivity index (χ1v) is 10.1. The van der Waals surface area contributed by atoms with Gasteiger partial charge in [-0.1, -0.05) is 6.07 Å². The van der Waals surface area contributed by atoms with Crippen LogP contribution in [0.2, 0.25) is 0 Å². The zero-order valence-corrected chi connectivity index (χ0v) is 17.8. The van der Waals surface area contributed by atoms with Crippen molar-refractivity contribution < 1.29 is 9.18 Å². The fraction of sp³-hybridized carbons (Fsp3) is 0.500. The Morgan fingerprint density at radius 1 is 1.07 bits per heavy atom. The minimum absolute atomic E-state index is 0.0999. The Bertz CT molecular complexity index is 891. The molecule has 0 saturated heterocycles. The maximum Gasteiger partial charge on any atom is 0.251 e. The maximum absolute atomic E-state index is 13.7. The van der Waals surface area contributed by atoms with E-state index < -0.39 is 0 Å². The summed E-state index contributed by atoms with van der Waals surface area (Å²) in [6.07, 6.45) is 3.56. The Kier molecular flexibility index (Phi) is 6.35. The van der Waals surface area contributed by atoms with E-state index in [-0.39, 0.29) is 23.8 Å². The second-order valence-corrected chi connectivity index (χ2v) is 8.11. The molecule has 2 aromatic rings. The van der Waals surface area contributed by atoms with E-state index in [9.17, 15) is 9.18 Å². The molecule has 1 saturated carbocycles. The van der Waals surface area contributed by atoms with E-state index in [0.717, 1.165) is 42.8 Å². The van der Waals surface area contributed by atoms with Crippen molar-refractivity contribution >= 4 is 17.7 Å². The van der Waals surface area contributed by atoms with Crippen molar-refractivity contribution in [2.24, 2.45) is 0 Å². The number of carbonyl (C=O) groups excluding carboxylic acids is 1. The number of halogens is 1. The number of anilines is 2. The molecule has 0 unspecified atom stereocenters. The van der Waals surface area contributed by atoms with E-state index in [2.05, 4.69) is 20.6 Å². The Labute approximate surface area is 171 Å². The molecule has 156 valence electrons. The van der Waals surface area contributed by atoms with Gasteiger partial charge < -0.3 is 15.5 Å². The largest absolute Gasteiger partial charge is 0.362 e. The van der Waals surface area contributed by atoms with Gasteiger partial charge in [-0.05, 0) is 64.2 Å². The standard InChI is InChI=1S/C22H30FN5O/c1-13-6-7-16(12-19(13)23)21(29)25-17-8-10-18(11-9-17)26-22-24-15(3)14(2)20(27-22)28(4)5/h6-7,12,17-18H,8-11H2,1-5H3,(H,25,29)(H,24,26,27). The summed E-state index contributed by atoms with van der Waals surface area (Å²) in [5.41, 5.74) is 2.96. The quantitative estimate of drug-likeness (QED) is 0.801. The summed E-state index contributed by atoms with van der Waals surface area (Å²) in [5, 5.41) is 6.49. The van der Waals surface area contributed by atoms with Gasteiger partial charge >= 0.3 is 0 Å². The maximum atomic E-state index is 13.7. The summed E-state index contributed by atoms with van der Waals surface area (Å²) in [4.78, 5) is 23.6. The zero-order valence-electron chi connectivity index (χ0n) is 17.8. The molecule has 1 heterocycles. The van der Waals surface area contributed by atoms with E-state index in [4.69, 9.17) is 0 Å². The zero-order chi connectivity index (χ0) is 21.1. The predicted molar refractivity (Wildman–Crippen MR) is 114 cm³/mol. The summed E-state index contributed by atoms with van der Waals surface area (Å²) in [7, 11) is 3.96. The summed E-state index contributed by atoms with van der Waals surface area (Å²) < 4.78 is 13.7. The van der Waals surface area contributed by atoms with Gasteiger partial charge in [-0.2, -0.15) is 4.98 Å². The van der Waals surface area contributed by atoms with Gasteiger partial charge in [0.05, 0.1) is 0 Å². The van der Waals surface area contributed by atoms with Crippen LogP contribution in [0, 0.1) is 26.6 Å². The number of benzene rings is 1. The number of hydrogen-bond acceptors (Lipinski definition) is 5. The average Bonchev–Trinajstić information content (AvgIpc) is 2.68. The van der Waals surface area contributed by atoms with E-state index in [1.807, 2.05) is 32.8 Å². The topological polar surface area (TPSA) is 70.2 Å². The lowest BCUT2D eigenvalue weighted by Gasteiger charge is -2.30. The van der Waals surface area contributed by atoms with Crippen LogP contribution in [0.4, 0.5) is 16.2 Å². The minimum atomic E-state index is -0.351. The molecule has 7 heteroatoms. The molecule has 0 atom stereocenters. The summed E-state index contributed by atoms with van der Waals surface area (Å²) in [6, 6.07) is 4.98. The van der Waals surface area contributed by atoms with Crippen molar-refractivity contribution in [2.75, 3.05) is 24.3 Å². The van der Waals surface area contributed by atoms with Gasteiger partial charge in [-0.25, -0.2) is 9.37 Å². The molecule has 2 N–H and O–H groups in total. The molecule has 6 nitrogen and oxygen atoms in total. The first-order valence-electron chi connectivity index (χ1n) is 10.1. The van der Waals surface area contributed by atoms with Gasteiger partial charge in [0.25, 0.3) is 5.91 Å². The summed E-state index contributed by atoms with van der Waals surface area (Å²) in [5.74, 6) is 1.01. The molecule has 1 fully saturated rings. The molecule has 0 spiro atoms. The van der Waals surface area contributed by atoms with Crippen LogP contribution in [-0.4, -0.2) is 42.1 Å². The number of nitrogens with zero attached hydrogens (tertiary/aromatic N) is 3. The molecule has 1 aliphatic carbocycles. The molecule has 0 radical (unpaired) electrons. The van der Waals surface area contributed by atoms with Crippen LogP contribution in [0.3, 0.4) is 0 Å². The fourth-order valence-corrected chi connectivity index (χ4v) is 3.68. The Balaban J connectivity index is 1.55. The molecular formula is C22H30FN5O. The van der Waals surface area contributed by atoms with Crippen LogP contribution >= 0.6 is 0 Å². The number of aryl methyl sites for hydroxylation is 2. The van der Waals surface area contributed by atoms with Crippen molar-refractivity contribution in [1.29, 1.82) is 0 Å². The number of aromatic nitrogens is 2. The van der Waals surface area contributed by atoms with Crippen molar-refractivity contribution in [1.82, 2.24) is 15.3 Å². The average molecular weight is 400 g/mol. The molecule has 3 rings (SSSR count). The van der Waals surface area contributed by atoms with Crippen LogP contribution in [-0.2, 0) is 0 Å². The number of carbonyl (C=O) groups is 1. The third-order valence-electron chi connectivity index (χ3n) is 5.62. The molecular weight excluding hydrogens is 369 g/mol. The highest BCUT2D eigenvalue weighted by Gasteiger charge is 2.24. The van der Waals surface area contributed by atoms with E-state index in [1.54, 1.807) is 19.1 Å². The highest BCUT2D eigenvalue weighted by atomic mass is 19.1. The third-order valence-corrected chi connectivity index (χ3v) is 5.62. The molecule has 0 bridgehead atoms. The molecule has 1 aromatic heterocycles. The van der Waals surface area contributed by atoms with Gasteiger partial charge in [-0.15, -0.1) is 0 Å². The Morgan fingerprint density at radius 3 is 2.34 bits per heavy atom. The second-order valence-electron chi connectivity index (χ2n) is 8.11. The summed E-state index contributed by atoms with van der Waals surface area (Å²) >= 11 is 0. The van der Waals surface area contributed by atoms with Gasteiger partial charge in [0.15, 0.2) is 0 Å². The van der Waals surface area contributed by atoms with Crippen LogP contribution in [0.5, 0.6) is 0 Å². The summed E-state index contributed by atoms with van der Waals surface area (Å²) in [6.45, 7) is 5.71. The smallest absolute Gasteiger partial charge is 0.251 e. The van der Waals surface area contributed by atoms with Gasteiger partial charge in [0.2, 0.25) is 5.95 Å². The van der Waals surface area contributed by atoms with Gasteiger partial charge in [0, 0.05) is 43.0 Å². The molecule has 1 amide bonds.